The minimum absolute atomic E-state index is 0.00870. The van der Waals surface area contributed by atoms with Crippen molar-refractivity contribution < 1.29 is 23.4 Å². The zero-order chi connectivity index (χ0) is 30.8. The van der Waals surface area contributed by atoms with Crippen LogP contribution in [0.1, 0.15) is 59.3 Å². The molecule has 232 valence electrons. The molecule has 0 saturated carbocycles. The molecule has 4 aromatic rings. The number of fused-ring (bicyclic) bond motifs is 2. The monoisotopic (exact) mass is 604 g/mol. The first-order valence-electron chi connectivity index (χ1n) is 15.1. The number of rotatable bonds is 9. The van der Waals surface area contributed by atoms with E-state index in [-0.39, 0.29) is 30.4 Å². The number of aliphatic hydroxyl groups excluding tert-OH is 1. The molecule has 2 aliphatic rings. The van der Waals surface area contributed by atoms with Gasteiger partial charge < -0.3 is 24.6 Å². The summed E-state index contributed by atoms with van der Waals surface area (Å²) < 4.78 is 34.4. The fourth-order valence-corrected chi connectivity index (χ4v) is 6.18. The van der Waals surface area contributed by atoms with Gasteiger partial charge in [-0.05, 0) is 54.4 Å². The number of hydrogen-bond donors (Lipinski definition) is 2. The number of pyridine rings is 2. The molecule has 0 unspecified atom stereocenters. The first kappa shape index (κ1) is 30.1. The van der Waals surface area contributed by atoms with Crippen molar-refractivity contribution in [2.75, 3.05) is 39.8 Å². The largest absolute Gasteiger partial charge is 0.455 e. The van der Waals surface area contributed by atoms with E-state index in [0.717, 1.165) is 49.2 Å². The quantitative estimate of drug-likeness (QED) is 0.277. The molecule has 0 spiro atoms. The van der Waals surface area contributed by atoms with Crippen molar-refractivity contribution in [1.29, 1.82) is 0 Å². The Morgan fingerprint density at radius 1 is 1.14 bits per heavy atom. The van der Waals surface area contributed by atoms with Crippen LogP contribution in [0.25, 0.3) is 11.0 Å². The Labute approximate surface area is 255 Å². The van der Waals surface area contributed by atoms with E-state index in [1.165, 1.54) is 6.07 Å². The van der Waals surface area contributed by atoms with E-state index in [9.17, 15) is 18.7 Å². The average molecular weight is 605 g/mol. The number of halogens is 2. The maximum atomic E-state index is 14.1. The number of amides is 1. The minimum Gasteiger partial charge on any atom is -0.455 e. The maximum Gasteiger partial charge on any atom is 0.264 e. The topological polar surface area (TPSA) is 97.8 Å². The van der Waals surface area contributed by atoms with Crippen LogP contribution in [0.3, 0.4) is 0 Å². The molecule has 1 fully saturated rings. The molecule has 0 bridgehead atoms. The highest BCUT2D eigenvalue weighted by molar-refractivity contribution is 5.83. The van der Waals surface area contributed by atoms with Crippen LogP contribution in [0.15, 0.2) is 48.8 Å². The Hall–Kier alpha value is -3.93. The number of carbonyl (C=O) groups is 1. The van der Waals surface area contributed by atoms with E-state index < -0.39 is 6.43 Å². The number of hydrogen-bond acceptors (Lipinski definition) is 7. The highest BCUT2D eigenvalue weighted by atomic mass is 19.3. The molecule has 2 aliphatic heterocycles. The number of nitrogens with one attached hydrogen (secondary N) is 1. The number of nitrogens with zero attached hydrogens (tertiary/aromatic N) is 5. The molecule has 0 radical (unpaired) electrons. The number of ether oxygens (including phenoxy) is 1. The molecule has 1 saturated heterocycles. The molecule has 1 aromatic carbocycles. The maximum absolute atomic E-state index is 14.1. The summed E-state index contributed by atoms with van der Waals surface area (Å²) in [4.78, 5) is 31.9. The highest BCUT2D eigenvalue weighted by Gasteiger charge is 2.29. The zero-order valence-corrected chi connectivity index (χ0v) is 25.1. The van der Waals surface area contributed by atoms with Crippen molar-refractivity contribution in [2.45, 2.75) is 51.8 Å². The average Bonchev–Trinajstić information content (AvgIpc) is 3.47. The second kappa shape index (κ2) is 13.0. The summed E-state index contributed by atoms with van der Waals surface area (Å²) in [6.45, 7) is 6.84. The molecular weight excluding hydrogens is 566 g/mol. The summed E-state index contributed by atoms with van der Waals surface area (Å²) in [6, 6.07) is 10.6. The Bertz CT molecular complexity index is 1640. The molecule has 5 heterocycles. The van der Waals surface area contributed by atoms with Crippen molar-refractivity contribution in [2.24, 2.45) is 0 Å². The van der Waals surface area contributed by atoms with Gasteiger partial charge in [0.25, 0.3) is 6.43 Å². The first-order valence-corrected chi connectivity index (χ1v) is 15.1. The van der Waals surface area contributed by atoms with E-state index in [4.69, 9.17) is 9.72 Å². The number of likely N-dealkylation sites (N-methyl/N-ethyl adjacent to an activating group) is 1. The van der Waals surface area contributed by atoms with Crippen molar-refractivity contribution in [3.8, 4) is 11.5 Å². The number of piperazine rings is 1. The van der Waals surface area contributed by atoms with E-state index in [1.54, 1.807) is 35.5 Å². The molecule has 2 N–H and O–H groups in total. The third kappa shape index (κ3) is 6.45. The lowest BCUT2D eigenvalue weighted by Gasteiger charge is -2.34. The lowest BCUT2D eigenvalue weighted by molar-refractivity contribution is -0.131. The van der Waals surface area contributed by atoms with Gasteiger partial charge in [-0.15, -0.1) is 0 Å². The standard InChI is InChI=1S/C33H38F2N6O3/c1-3-22-18-41(30(43)13-21-4-5-23(27(12-21)32(34)35)17-40-10-8-39(2)9-11-40)19-24-14-26(16-37-31(22)24)44-29-6-7-36-33-28(29)15-25(20-42)38-33/h4-7,12,14-16,22,32,42H,3,8-11,13,17-20H2,1-2H3,(H,36,38)/t22-/m1/s1. The van der Waals surface area contributed by atoms with Gasteiger partial charge in [-0.2, -0.15) is 0 Å². The van der Waals surface area contributed by atoms with Crippen LogP contribution in [-0.4, -0.2) is 80.4 Å². The van der Waals surface area contributed by atoms with Crippen molar-refractivity contribution in [3.63, 3.8) is 0 Å². The van der Waals surface area contributed by atoms with Gasteiger partial charge in [-0.25, -0.2) is 13.8 Å². The minimum atomic E-state index is -2.61. The van der Waals surface area contributed by atoms with Crippen LogP contribution >= 0.6 is 0 Å². The second-order valence-electron chi connectivity index (χ2n) is 11.8. The van der Waals surface area contributed by atoms with Gasteiger partial charge in [0.05, 0.1) is 30.3 Å². The van der Waals surface area contributed by atoms with Crippen LogP contribution < -0.4 is 4.74 Å². The predicted molar refractivity (Wildman–Crippen MR) is 163 cm³/mol. The fourth-order valence-electron chi connectivity index (χ4n) is 6.18. The lowest BCUT2D eigenvalue weighted by Crippen LogP contribution is -2.44. The lowest BCUT2D eigenvalue weighted by atomic mass is 9.92. The number of H-pyrrole nitrogens is 1. The molecule has 0 aliphatic carbocycles. The van der Waals surface area contributed by atoms with Crippen LogP contribution in [0, 0.1) is 0 Å². The van der Waals surface area contributed by atoms with Crippen molar-refractivity contribution in [1.82, 2.24) is 29.7 Å². The molecule has 3 aromatic heterocycles. The number of alkyl halides is 2. The van der Waals surface area contributed by atoms with Crippen molar-refractivity contribution >= 4 is 16.9 Å². The molecule has 11 heteroatoms. The summed E-state index contributed by atoms with van der Waals surface area (Å²) >= 11 is 0. The molecule has 44 heavy (non-hydrogen) atoms. The van der Waals surface area contributed by atoms with Gasteiger partial charge in [0, 0.05) is 69.2 Å². The first-order chi connectivity index (χ1) is 21.3. The third-order valence-corrected chi connectivity index (χ3v) is 8.75. The molecule has 9 nitrogen and oxygen atoms in total. The van der Waals surface area contributed by atoms with Gasteiger partial charge >= 0.3 is 0 Å². The van der Waals surface area contributed by atoms with Gasteiger partial charge in [0.1, 0.15) is 17.1 Å². The van der Waals surface area contributed by atoms with E-state index >= 15 is 0 Å². The summed E-state index contributed by atoms with van der Waals surface area (Å²) in [6.07, 6.45) is 1.58. The van der Waals surface area contributed by atoms with Crippen molar-refractivity contribution in [3.05, 3.63) is 82.4 Å². The summed E-state index contributed by atoms with van der Waals surface area (Å²) in [5, 5.41) is 10.2. The second-order valence-corrected chi connectivity index (χ2v) is 11.8. The van der Waals surface area contributed by atoms with Gasteiger partial charge in [0.2, 0.25) is 5.91 Å². The molecule has 1 atom stereocenters. The number of aromatic amines is 1. The number of benzene rings is 1. The Kier molecular flexibility index (Phi) is 8.88. The third-order valence-electron chi connectivity index (χ3n) is 8.75. The van der Waals surface area contributed by atoms with Crippen LogP contribution in [0.5, 0.6) is 11.5 Å². The summed E-state index contributed by atoms with van der Waals surface area (Å²) in [7, 11) is 2.07. The van der Waals surface area contributed by atoms with Gasteiger partial charge in [-0.3, -0.25) is 14.7 Å². The fraction of sp³-hybridized carbons (Fsp3) is 0.424. The summed E-state index contributed by atoms with van der Waals surface area (Å²) in [5.41, 5.74) is 4.32. The Morgan fingerprint density at radius 2 is 1.95 bits per heavy atom. The SMILES string of the molecule is CC[C@@H]1CN(C(=O)Cc2ccc(CN3CCN(C)CC3)c(C(F)F)c2)Cc2cc(Oc3ccnc4[nH]c(CO)cc34)cnc21. The number of aromatic nitrogens is 3. The van der Waals surface area contributed by atoms with E-state index in [0.29, 0.717) is 53.6 Å². The molecule has 6 rings (SSSR count). The van der Waals surface area contributed by atoms with Crippen LogP contribution in [0.4, 0.5) is 8.78 Å². The smallest absolute Gasteiger partial charge is 0.264 e. The van der Waals surface area contributed by atoms with Gasteiger partial charge in [0.15, 0.2) is 0 Å². The van der Waals surface area contributed by atoms with Gasteiger partial charge in [-0.1, -0.05) is 19.1 Å². The summed E-state index contributed by atoms with van der Waals surface area (Å²) in [5.74, 6) is 1.06. The highest BCUT2D eigenvalue weighted by Crippen LogP contribution is 2.35. The molecular formula is C33H38F2N6O3. The molecule has 1 amide bonds. The zero-order valence-electron chi connectivity index (χ0n) is 25.1. The normalized spacial score (nSPS) is 17.8. The van der Waals surface area contributed by atoms with E-state index in [1.807, 2.05) is 12.1 Å². The number of carbonyl (C=O) groups excluding carboxylic acids is 1. The Balaban J connectivity index is 1.17. The van der Waals surface area contributed by atoms with Crippen LogP contribution in [0.2, 0.25) is 0 Å². The van der Waals surface area contributed by atoms with E-state index in [2.05, 4.69) is 33.7 Å². The Morgan fingerprint density at radius 3 is 2.70 bits per heavy atom. The predicted octanol–water partition coefficient (Wildman–Crippen LogP) is 5.01. The van der Waals surface area contributed by atoms with Crippen LogP contribution in [-0.2, 0) is 30.9 Å². The number of aliphatic hydroxyl groups is 1.